The lowest BCUT2D eigenvalue weighted by atomic mass is 9.89. The van der Waals surface area contributed by atoms with E-state index >= 15 is 0 Å². The van der Waals surface area contributed by atoms with Crippen molar-refractivity contribution in [3.05, 3.63) is 0 Å². The highest BCUT2D eigenvalue weighted by atomic mass is 32.1. The van der Waals surface area contributed by atoms with Gasteiger partial charge in [-0.25, -0.2) is 4.79 Å². The number of ether oxygens (including phenoxy) is 1. The minimum absolute atomic E-state index is 0.140. The number of hydrogen-bond donors (Lipinski definition) is 1. The van der Waals surface area contributed by atoms with E-state index in [0.717, 1.165) is 12.8 Å². The lowest BCUT2D eigenvalue weighted by molar-refractivity contribution is -0.156. The third-order valence-corrected chi connectivity index (χ3v) is 3.90. The maximum atomic E-state index is 12.4. The van der Waals surface area contributed by atoms with Crippen molar-refractivity contribution in [3.8, 4) is 0 Å². The number of methoxy groups -OCH3 is 1. The SMILES string of the molecule is COC(=O)C1CCCCN1C(=O)C(C)(C)C(N)=S. The minimum atomic E-state index is -0.932. The van der Waals surface area contributed by atoms with E-state index < -0.39 is 11.5 Å². The largest absolute Gasteiger partial charge is 0.467 e. The lowest BCUT2D eigenvalue weighted by Crippen LogP contribution is -2.55. The Kier molecular flexibility index (Phi) is 4.67. The van der Waals surface area contributed by atoms with Gasteiger partial charge in [-0.3, -0.25) is 4.79 Å². The summed E-state index contributed by atoms with van der Waals surface area (Å²) in [5, 5.41) is 0. The topological polar surface area (TPSA) is 72.6 Å². The fourth-order valence-corrected chi connectivity index (χ4v) is 2.11. The second-order valence-electron chi connectivity index (χ2n) is 5.02. The number of rotatable bonds is 3. The first-order valence-electron chi connectivity index (χ1n) is 6.01. The molecule has 0 aromatic carbocycles. The van der Waals surface area contributed by atoms with Gasteiger partial charge in [-0.1, -0.05) is 12.2 Å². The van der Waals surface area contributed by atoms with Crippen LogP contribution in [0.1, 0.15) is 33.1 Å². The predicted octanol–water partition coefficient (Wildman–Crippen LogP) is 0.853. The van der Waals surface area contributed by atoms with Gasteiger partial charge in [-0.05, 0) is 33.1 Å². The zero-order chi connectivity index (χ0) is 13.9. The van der Waals surface area contributed by atoms with Crippen molar-refractivity contribution in [2.75, 3.05) is 13.7 Å². The summed E-state index contributed by atoms with van der Waals surface area (Å²) in [6, 6.07) is -0.509. The summed E-state index contributed by atoms with van der Waals surface area (Å²) >= 11 is 4.92. The van der Waals surface area contributed by atoms with Crippen molar-refractivity contribution >= 4 is 29.1 Å². The third-order valence-electron chi connectivity index (χ3n) is 3.39. The number of carbonyl (C=O) groups excluding carboxylic acids is 2. The molecular formula is C12H20N2O3S. The predicted molar refractivity (Wildman–Crippen MR) is 71.9 cm³/mol. The van der Waals surface area contributed by atoms with Crippen LogP contribution < -0.4 is 5.73 Å². The quantitative estimate of drug-likeness (QED) is 0.609. The molecule has 1 amide bonds. The van der Waals surface area contributed by atoms with Crippen molar-refractivity contribution < 1.29 is 14.3 Å². The van der Waals surface area contributed by atoms with Crippen LogP contribution in [-0.4, -0.2) is 41.5 Å². The van der Waals surface area contributed by atoms with E-state index in [9.17, 15) is 9.59 Å². The van der Waals surface area contributed by atoms with Gasteiger partial charge in [0.15, 0.2) is 0 Å². The van der Waals surface area contributed by atoms with E-state index in [1.54, 1.807) is 18.7 Å². The molecule has 5 nitrogen and oxygen atoms in total. The molecule has 1 fully saturated rings. The summed E-state index contributed by atoms with van der Waals surface area (Å²) in [5.74, 6) is -0.577. The van der Waals surface area contributed by atoms with Crippen LogP contribution in [0.15, 0.2) is 0 Å². The standard InChI is InChI=1S/C12H20N2O3S/c1-12(2,10(13)18)11(16)14-7-5-4-6-8(14)9(15)17-3/h8H,4-7H2,1-3H3,(H2,13,18). The molecule has 1 heterocycles. The molecule has 18 heavy (non-hydrogen) atoms. The third kappa shape index (κ3) is 2.80. The number of amides is 1. The Labute approximate surface area is 113 Å². The Morgan fingerprint density at radius 1 is 1.39 bits per heavy atom. The second kappa shape index (κ2) is 5.65. The van der Waals surface area contributed by atoms with Gasteiger partial charge < -0.3 is 15.4 Å². The van der Waals surface area contributed by atoms with E-state index in [0.29, 0.717) is 13.0 Å². The van der Waals surface area contributed by atoms with E-state index in [1.807, 2.05) is 0 Å². The molecule has 0 radical (unpaired) electrons. The first-order valence-corrected chi connectivity index (χ1v) is 6.42. The van der Waals surface area contributed by atoms with Crippen LogP contribution in [0, 0.1) is 5.41 Å². The number of thiocarbonyl (C=S) groups is 1. The molecule has 0 aromatic rings. The Balaban J connectivity index is 2.94. The van der Waals surface area contributed by atoms with Gasteiger partial charge in [0, 0.05) is 6.54 Å². The van der Waals surface area contributed by atoms with Crippen LogP contribution in [0.3, 0.4) is 0 Å². The van der Waals surface area contributed by atoms with Crippen molar-refractivity contribution in [2.45, 2.75) is 39.2 Å². The van der Waals surface area contributed by atoms with Crippen LogP contribution in [0.25, 0.3) is 0 Å². The summed E-state index contributed by atoms with van der Waals surface area (Å²) < 4.78 is 4.75. The van der Waals surface area contributed by atoms with Gasteiger partial charge in [0.05, 0.1) is 17.5 Å². The lowest BCUT2D eigenvalue weighted by Gasteiger charge is -2.38. The van der Waals surface area contributed by atoms with Crippen LogP contribution in [0.5, 0.6) is 0 Å². The highest BCUT2D eigenvalue weighted by Gasteiger charge is 2.41. The molecular weight excluding hydrogens is 252 g/mol. The molecule has 1 aliphatic heterocycles. The summed E-state index contributed by atoms with van der Waals surface area (Å²) in [7, 11) is 1.33. The maximum Gasteiger partial charge on any atom is 0.328 e. The van der Waals surface area contributed by atoms with Gasteiger partial charge in [0.2, 0.25) is 5.91 Å². The number of nitrogens with two attached hydrogens (primary N) is 1. The maximum absolute atomic E-state index is 12.4. The number of hydrogen-bond acceptors (Lipinski definition) is 4. The Hall–Kier alpha value is -1.17. The van der Waals surface area contributed by atoms with Crippen molar-refractivity contribution in [3.63, 3.8) is 0 Å². The molecule has 1 aliphatic rings. The summed E-state index contributed by atoms with van der Waals surface area (Å²) in [6.45, 7) is 3.91. The van der Waals surface area contributed by atoms with Crippen LogP contribution >= 0.6 is 12.2 Å². The molecule has 1 unspecified atom stereocenters. The highest BCUT2D eigenvalue weighted by molar-refractivity contribution is 7.80. The average Bonchev–Trinajstić information content (AvgIpc) is 2.36. The molecule has 1 rings (SSSR count). The summed E-state index contributed by atoms with van der Waals surface area (Å²) in [6.07, 6.45) is 2.43. The Bertz CT molecular complexity index is 368. The van der Waals surface area contributed by atoms with Gasteiger partial charge in [0.1, 0.15) is 6.04 Å². The van der Waals surface area contributed by atoms with Gasteiger partial charge >= 0.3 is 5.97 Å². The van der Waals surface area contributed by atoms with Crippen molar-refractivity contribution in [2.24, 2.45) is 11.1 Å². The molecule has 102 valence electrons. The molecule has 1 atom stereocenters. The summed E-state index contributed by atoms with van der Waals surface area (Å²) in [4.78, 5) is 25.8. The monoisotopic (exact) mass is 272 g/mol. The molecule has 0 saturated carbocycles. The minimum Gasteiger partial charge on any atom is -0.467 e. The number of esters is 1. The zero-order valence-electron chi connectivity index (χ0n) is 11.1. The van der Waals surface area contributed by atoms with Gasteiger partial charge in [-0.2, -0.15) is 0 Å². The smallest absolute Gasteiger partial charge is 0.328 e. The first kappa shape index (κ1) is 14.9. The molecule has 6 heteroatoms. The van der Waals surface area contributed by atoms with Crippen molar-refractivity contribution in [1.82, 2.24) is 4.90 Å². The van der Waals surface area contributed by atoms with Crippen LogP contribution in [-0.2, 0) is 14.3 Å². The highest BCUT2D eigenvalue weighted by Crippen LogP contribution is 2.26. The van der Waals surface area contributed by atoms with E-state index in [2.05, 4.69) is 0 Å². The first-order chi connectivity index (χ1) is 8.32. The molecule has 0 spiro atoms. The van der Waals surface area contributed by atoms with Gasteiger partial charge in [-0.15, -0.1) is 0 Å². The number of nitrogens with zero attached hydrogens (tertiary/aromatic N) is 1. The Morgan fingerprint density at radius 2 is 2.00 bits per heavy atom. The van der Waals surface area contributed by atoms with Crippen molar-refractivity contribution in [1.29, 1.82) is 0 Å². The zero-order valence-corrected chi connectivity index (χ0v) is 11.9. The van der Waals surface area contributed by atoms with Crippen LogP contribution in [0.4, 0.5) is 0 Å². The van der Waals surface area contributed by atoms with Gasteiger partial charge in [0.25, 0.3) is 0 Å². The molecule has 1 saturated heterocycles. The number of likely N-dealkylation sites (tertiary alicyclic amines) is 1. The molecule has 0 aliphatic carbocycles. The average molecular weight is 272 g/mol. The van der Waals surface area contributed by atoms with Crippen LogP contribution in [0.2, 0.25) is 0 Å². The number of carbonyl (C=O) groups is 2. The fourth-order valence-electron chi connectivity index (χ4n) is 2.02. The summed E-state index contributed by atoms with van der Waals surface area (Å²) in [5.41, 5.74) is 4.67. The Morgan fingerprint density at radius 3 is 2.50 bits per heavy atom. The molecule has 0 bridgehead atoms. The fraction of sp³-hybridized carbons (Fsp3) is 0.750. The van der Waals surface area contributed by atoms with E-state index in [1.165, 1.54) is 7.11 Å². The van der Waals surface area contributed by atoms with E-state index in [-0.39, 0.29) is 16.9 Å². The number of piperidine rings is 1. The molecule has 2 N–H and O–H groups in total. The molecule has 0 aromatic heterocycles. The van der Waals surface area contributed by atoms with E-state index in [4.69, 9.17) is 22.7 Å². The normalized spacial score (nSPS) is 20.4. The second-order valence-corrected chi connectivity index (χ2v) is 5.46.